The predicted octanol–water partition coefficient (Wildman–Crippen LogP) is 5.40. The van der Waals surface area contributed by atoms with Crippen LogP contribution in [0.2, 0.25) is 0 Å². The fourth-order valence-electron chi connectivity index (χ4n) is 3.03. The van der Waals surface area contributed by atoms with Crippen molar-refractivity contribution < 1.29 is 8.42 Å². The second-order valence-corrected chi connectivity index (χ2v) is 8.39. The van der Waals surface area contributed by atoms with Crippen molar-refractivity contribution in [2.75, 3.05) is 5.32 Å². The summed E-state index contributed by atoms with van der Waals surface area (Å²) in [6.07, 6.45) is 0. The molecular formula is C24H20N2O2S. The molecule has 144 valence electrons. The van der Waals surface area contributed by atoms with E-state index in [4.69, 9.17) is 0 Å². The molecule has 4 aromatic carbocycles. The van der Waals surface area contributed by atoms with Gasteiger partial charge in [0.25, 0.3) is 10.0 Å². The Bertz CT molecular complexity index is 1280. The van der Waals surface area contributed by atoms with E-state index in [1.165, 1.54) is 0 Å². The van der Waals surface area contributed by atoms with Crippen molar-refractivity contribution in [2.24, 2.45) is 4.40 Å². The minimum atomic E-state index is -3.86. The molecule has 0 heterocycles. The van der Waals surface area contributed by atoms with E-state index in [0.717, 1.165) is 22.0 Å². The van der Waals surface area contributed by atoms with Crippen LogP contribution in [0, 0.1) is 6.92 Å². The Morgan fingerprint density at radius 3 is 2.14 bits per heavy atom. The van der Waals surface area contributed by atoms with Gasteiger partial charge in [0.05, 0.1) is 4.90 Å². The lowest BCUT2D eigenvalue weighted by Crippen LogP contribution is -2.16. The number of rotatable bonds is 4. The van der Waals surface area contributed by atoms with Crippen molar-refractivity contribution in [2.45, 2.75) is 11.8 Å². The van der Waals surface area contributed by atoms with E-state index in [1.54, 1.807) is 24.3 Å². The van der Waals surface area contributed by atoms with Crippen LogP contribution in [0.4, 0.5) is 5.69 Å². The lowest BCUT2D eigenvalue weighted by molar-refractivity contribution is 0.598. The van der Waals surface area contributed by atoms with E-state index in [1.807, 2.05) is 79.7 Å². The van der Waals surface area contributed by atoms with E-state index in [2.05, 4.69) is 9.71 Å². The molecule has 0 saturated heterocycles. The van der Waals surface area contributed by atoms with Crippen molar-refractivity contribution in [3.05, 3.63) is 108 Å². The first kappa shape index (κ1) is 18.9. The maximum Gasteiger partial charge on any atom is 0.284 e. The zero-order chi connectivity index (χ0) is 20.3. The topological polar surface area (TPSA) is 58.5 Å². The number of benzene rings is 4. The summed E-state index contributed by atoms with van der Waals surface area (Å²) in [7, 11) is -3.86. The number of fused-ring (bicyclic) bond motifs is 1. The first-order valence-corrected chi connectivity index (χ1v) is 10.7. The van der Waals surface area contributed by atoms with Crippen LogP contribution in [0.3, 0.4) is 0 Å². The molecule has 0 spiro atoms. The summed E-state index contributed by atoms with van der Waals surface area (Å²) in [6, 6.07) is 29.8. The molecule has 0 saturated carbocycles. The first-order valence-electron chi connectivity index (χ1n) is 9.24. The number of nitrogens with one attached hydrogen (secondary N) is 1. The Kier molecular flexibility index (Phi) is 5.14. The molecule has 4 aromatic rings. The van der Waals surface area contributed by atoms with Gasteiger partial charge in [-0.25, -0.2) is 0 Å². The predicted molar refractivity (Wildman–Crippen MR) is 119 cm³/mol. The molecule has 4 rings (SSSR count). The number of hydrogen-bond donors (Lipinski definition) is 1. The first-order chi connectivity index (χ1) is 14.0. The maximum absolute atomic E-state index is 12.9. The van der Waals surface area contributed by atoms with Gasteiger partial charge in [0.15, 0.2) is 5.84 Å². The highest BCUT2D eigenvalue weighted by Gasteiger charge is 2.16. The van der Waals surface area contributed by atoms with Crippen molar-refractivity contribution in [1.82, 2.24) is 0 Å². The monoisotopic (exact) mass is 400 g/mol. The van der Waals surface area contributed by atoms with Crippen molar-refractivity contribution in [1.29, 1.82) is 0 Å². The van der Waals surface area contributed by atoms with Gasteiger partial charge in [-0.15, -0.1) is 4.40 Å². The summed E-state index contributed by atoms with van der Waals surface area (Å²) in [6.45, 7) is 1.91. The molecule has 0 aromatic heterocycles. The average molecular weight is 401 g/mol. The Morgan fingerprint density at radius 2 is 1.41 bits per heavy atom. The Balaban J connectivity index is 1.77. The molecule has 0 amide bonds. The fraction of sp³-hybridized carbons (Fsp3) is 0.0417. The van der Waals surface area contributed by atoms with E-state index in [-0.39, 0.29) is 10.7 Å². The SMILES string of the molecule is Cc1ccc(S(=O)(=O)N=C(Nc2ccc3ccccc3c2)c2ccccc2)cc1. The van der Waals surface area contributed by atoms with Gasteiger partial charge in [-0.05, 0) is 42.0 Å². The second kappa shape index (κ2) is 7.89. The van der Waals surface area contributed by atoms with Crippen LogP contribution in [-0.2, 0) is 10.0 Å². The third-order valence-electron chi connectivity index (χ3n) is 4.59. The van der Waals surface area contributed by atoms with E-state index in [0.29, 0.717) is 5.56 Å². The normalized spacial score (nSPS) is 12.1. The van der Waals surface area contributed by atoms with Gasteiger partial charge in [0, 0.05) is 11.3 Å². The van der Waals surface area contributed by atoms with Crippen LogP contribution in [0.1, 0.15) is 11.1 Å². The summed E-state index contributed by atoms with van der Waals surface area (Å²) in [4.78, 5) is 0.164. The lowest BCUT2D eigenvalue weighted by atomic mass is 10.1. The van der Waals surface area contributed by atoms with Crippen LogP contribution in [0.5, 0.6) is 0 Å². The number of aryl methyl sites for hydroxylation is 1. The summed E-state index contributed by atoms with van der Waals surface area (Å²) in [5, 5.41) is 5.37. The van der Waals surface area contributed by atoms with Gasteiger partial charge in [0.2, 0.25) is 0 Å². The third-order valence-corrected chi connectivity index (χ3v) is 5.88. The van der Waals surface area contributed by atoms with Crippen molar-refractivity contribution >= 4 is 32.3 Å². The number of amidine groups is 1. The van der Waals surface area contributed by atoms with Crippen molar-refractivity contribution in [3.63, 3.8) is 0 Å². The molecule has 5 heteroatoms. The molecule has 0 aliphatic carbocycles. The molecular weight excluding hydrogens is 380 g/mol. The summed E-state index contributed by atoms with van der Waals surface area (Å²) < 4.78 is 29.9. The molecule has 0 unspecified atom stereocenters. The number of sulfonamides is 1. The largest absolute Gasteiger partial charge is 0.339 e. The van der Waals surface area contributed by atoms with Crippen LogP contribution in [-0.4, -0.2) is 14.3 Å². The Morgan fingerprint density at radius 1 is 0.759 bits per heavy atom. The fourth-order valence-corrected chi connectivity index (χ4v) is 4.01. The molecule has 0 atom stereocenters. The molecule has 1 N–H and O–H groups in total. The van der Waals surface area contributed by atoms with Gasteiger partial charge >= 0.3 is 0 Å². The minimum Gasteiger partial charge on any atom is -0.339 e. The van der Waals surface area contributed by atoms with Crippen LogP contribution < -0.4 is 5.32 Å². The molecule has 0 bridgehead atoms. The van der Waals surface area contributed by atoms with Gasteiger partial charge in [-0.3, -0.25) is 0 Å². The van der Waals surface area contributed by atoms with E-state index in [9.17, 15) is 8.42 Å². The highest BCUT2D eigenvalue weighted by atomic mass is 32.2. The number of hydrogen-bond acceptors (Lipinski definition) is 2. The summed E-state index contributed by atoms with van der Waals surface area (Å²) in [5.74, 6) is 0.279. The van der Waals surface area contributed by atoms with E-state index >= 15 is 0 Å². The van der Waals surface area contributed by atoms with Gasteiger partial charge in [0.1, 0.15) is 0 Å². The van der Waals surface area contributed by atoms with Crippen LogP contribution in [0.15, 0.2) is 106 Å². The van der Waals surface area contributed by atoms with Crippen LogP contribution >= 0.6 is 0 Å². The number of anilines is 1. The Hall–Kier alpha value is -3.44. The summed E-state index contributed by atoms with van der Waals surface area (Å²) >= 11 is 0. The van der Waals surface area contributed by atoms with E-state index < -0.39 is 10.0 Å². The highest BCUT2D eigenvalue weighted by molar-refractivity contribution is 7.90. The molecule has 0 aliphatic rings. The van der Waals surface area contributed by atoms with Crippen molar-refractivity contribution in [3.8, 4) is 0 Å². The smallest absolute Gasteiger partial charge is 0.284 e. The van der Waals surface area contributed by atoms with Crippen LogP contribution in [0.25, 0.3) is 10.8 Å². The number of nitrogens with zero attached hydrogens (tertiary/aromatic N) is 1. The quantitative estimate of drug-likeness (QED) is 0.369. The zero-order valence-corrected chi connectivity index (χ0v) is 16.7. The highest BCUT2D eigenvalue weighted by Crippen LogP contribution is 2.21. The average Bonchev–Trinajstić information content (AvgIpc) is 2.74. The lowest BCUT2D eigenvalue weighted by Gasteiger charge is -2.12. The third kappa shape index (κ3) is 4.36. The summed E-state index contributed by atoms with van der Waals surface area (Å²) in [5.41, 5.74) is 2.45. The molecule has 0 aliphatic heterocycles. The minimum absolute atomic E-state index is 0.164. The molecule has 0 fully saturated rings. The van der Waals surface area contributed by atoms with Gasteiger partial charge < -0.3 is 5.32 Å². The van der Waals surface area contributed by atoms with Gasteiger partial charge in [-0.2, -0.15) is 8.42 Å². The molecule has 4 nitrogen and oxygen atoms in total. The molecule has 29 heavy (non-hydrogen) atoms. The van der Waals surface area contributed by atoms with Gasteiger partial charge in [-0.1, -0.05) is 78.4 Å². The zero-order valence-electron chi connectivity index (χ0n) is 15.9. The standard InChI is InChI=1S/C24H20N2O2S/c1-18-11-15-23(16-12-18)29(27,28)26-24(20-8-3-2-4-9-20)25-22-14-13-19-7-5-6-10-21(19)17-22/h2-17H,1H3,(H,25,26). The Labute approximate surface area is 170 Å². The molecule has 0 radical (unpaired) electrons. The second-order valence-electron chi connectivity index (χ2n) is 6.78. The maximum atomic E-state index is 12.9.